The minimum atomic E-state index is 0.130. The lowest BCUT2D eigenvalue weighted by molar-refractivity contribution is -0.130. The molecule has 1 aliphatic rings. The first-order chi connectivity index (χ1) is 12.7. The van der Waals surface area contributed by atoms with Crippen molar-refractivity contribution >= 4 is 11.9 Å². The monoisotopic (exact) mass is 359 g/mol. The van der Waals surface area contributed by atoms with Crippen LogP contribution in [0.1, 0.15) is 31.2 Å². The van der Waals surface area contributed by atoms with Crippen molar-refractivity contribution in [1.29, 1.82) is 0 Å². The van der Waals surface area contributed by atoms with Gasteiger partial charge in [-0.15, -0.1) is 0 Å². The van der Waals surface area contributed by atoms with Crippen molar-refractivity contribution in [3.05, 3.63) is 35.9 Å². The van der Waals surface area contributed by atoms with Gasteiger partial charge in [0.25, 0.3) is 0 Å². The van der Waals surface area contributed by atoms with E-state index in [2.05, 4.69) is 20.5 Å². The van der Waals surface area contributed by atoms with E-state index in [1.165, 1.54) is 32.4 Å². The quantitative estimate of drug-likeness (QED) is 0.548. The standard InChI is InChI=1S/C20H33N5O/c1-21-20(23-13-16-25-14-7-4-8-15-25)22-12-11-19(26)24(2)17-18-9-5-3-6-10-18/h3,5-6,9-10H,4,7-8,11-17H2,1-2H3,(H2,21,22,23). The van der Waals surface area contributed by atoms with Gasteiger partial charge in [-0.3, -0.25) is 9.79 Å². The highest BCUT2D eigenvalue weighted by molar-refractivity contribution is 5.81. The zero-order valence-corrected chi connectivity index (χ0v) is 16.2. The van der Waals surface area contributed by atoms with Gasteiger partial charge in [0.05, 0.1) is 0 Å². The zero-order chi connectivity index (χ0) is 18.6. The maximum absolute atomic E-state index is 12.3. The zero-order valence-electron chi connectivity index (χ0n) is 16.2. The number of amides is 1. The lowest BCUT2D eigenvalue weighted by Crippen LogP contribution is -2.43. The Labute approximate surface area is 157 Å². The third-order valence-corrected chi connectivity index (χ3v) is 4.71. The highest BCUT2D eigenvalue weighted by atomic mass is 16.2. The van der Waals surface area contributed by atoms with Crippen LogP contribution in [0, 0.1) is 0 Å². The molecule has 1 aliphatic heterocycles. The van der Waals surface area contributed by atoms with E-state index in [4.69, 9.17) is 0 Å². The first kappa shape index (κ1) is 20.2. The molecule has 1 aromatic rings. The van der Waals surface area contributed by atoms with Gasteiger partial charge in [0.2, 0.25) is 5.91 Å². The lowest BCUT2D eigenvalue weighted by atomic mass is 10.1. The Morgan fingerprint density at radius 2 is 1.81 bits per heavy atom. The molecule has 0 saturated carbocycles. The Balaban J connectivity index is 1.60. The summed E-state index contributed by atoms with van der Waals surface area (Å²) in [7, 11) is 3.61. The van der Waals surface area contributed by atoms with Crippen molar-refractivity contribution < 1.29 is 4.79 Å². The third-order valence-electron chi connectivity index (χ3n) is 4.71. The van der Waals surface area contributed by atoms with Gasteiger partial charge < -0.3 is 20.4 Å². The lowest BCUT2D eigenvalue weighted by Gasteiger charge is -2.26. The predicted octanol–water partition coefficient (Wildman–Crippen LogP) is 1.69. The van der Waals surface area contributed by atoms with E-state index in [1.807, 2.05) is 37.4 Å². The second kappa shape index (κ2) is 11.5. The summed E-state index contributed by atoms with van der Waals surface area (Å²) in [5.41, 5.74) is 1.14. The van der Waals surface area contributed by atoms with E-state index >= 15 is 0 Å². The van der Waals surface area contributed by atoms with Crippen LogP contribution in [0.25, 0.3) is 0 Å². The number of aliphatic imine (C=N–C) groups is 1. The molecule has 1 heterocycles. The summed E-state index contributed by atoms with van der Waals surface area (Å²) in [5.74, 6) is 0.894. The molecule has 144 valence electrons. The van der Waals surface area contributed by atoms with Crippen molar-refractivity contribution in [3.63, 3.8) is 0 Å². The van der Waals surface area contributed by atoms with Gasteiger partial charge in [-0.05, 0) is 31.5 Å². The van der Waals surface area contributed by atoms with Crippen LogP contribution in [0.2, 0.25) is 0 Å². The molecule has 0 bridgehead atoms. The summed E-state index contributed by atoms with van der Waals surface area (Å²) in [4.78, 5) is 20.7. The van der Waals surface area contributed by atoms with Gasteiger partial charge in [0.1, 0.15) is 0 Å². The number of piperidine rings is 1. The molecule has 0 spiro atoms. The minimum Gasteiger partial charge on any atom is -0.356 e. The molecular formula is C20H33N5O. The summed E-state index contributed by atoms with van der Waals surface area (Å²) in [6.45, 7) is 5.55. The van der Waals surface area contributed by atoms with Crippen LogP contribution in [-0.2, 0) is 11.3 Å². The van der Waals surface area contributed by atoms with Crippen molar-refractivity contribution in [2.24, 2.45) is 4.99 Å². The molecule has 26 heavy (non-hydrogen) atoms. The fourth-order valence-electron chi connectivity index (χ4n) is 3.16. The highest BCUT2D eigenvalue weighted by Crippen LogP contribution is 2.07. The molecule has 0 unspecified atom stereocenters. The van der Waals surface area contributed by atoms with E-state index in [1.54, 1.807) is 11.9 Å². The number of benzene rings is 1. The van der Waals surface area contributed by atoms with Crippen LogP contribution >= 0.6 is 0 Å². The smallest absolute Gasteiger partial charge is 0.224 e. The minimum absolute atomic E-state index is 0.130. The molecule has 1 saturated heterocycles. The average Bonchev–Trinajstić information content (AvgIpc) is 2.68. The van der Waals surface area contributed by atoms with Gasteiger partial charge in [0.15, 0.2) is 5.96 Å². The summed E-state index contributed by atoms with van der Waals surface area (Å²) in [6, 6.07) is 10.1. The van der Waals surface area contributed by atoms with Crippen LogP contribution in [0.15, 0.2) is 35.3 Å². The van der Waals surface area contributed by atoms with E-state index in [-0.39, 0.29) is 5.91 Å². The summed E-state index contributed by atoms with van der Waals surface area (Å²) in [6.07, 6.45) is 4.44. The maximum atomic E-state index is 12.3. The van der Waals surface area contributed by atoms with Crippen LogP contribution < -0.4 is 10.6 Å². The number of guanidine groups is 1. The molecule has 2 N–H and O–H groups in total. The number of hydrogen-bond acceptors (Lipinski definition) is 3. The maximum Gasteiger partial charge on any atom is 0.224 e. The molecule has 0 aromatic heterocycles. The van der Waals surface area contributed by atoms with Gasteiger partial charge >= 0.3 is 0 Å². The number of carbonyl (C=O) groups excluding carboxylic acids is 1. The van der Waals surface area contributed by atoms with Crippen molar-refractivity contribution in [2.75, 3.05) is 46.8 Å². The van der Waals surface area contributed by atoms with Gasteiger partial charge in [-0.1, -0.05) is 36.8 Å². The molecule has 1 amide bonds. The topological polar surface area (TPSA) is 60.0 Å². The predicted molar refractivity (Wildman–Crippen MR) is 107 cm³/mol. The van der Waals surface area contributed by atoms with Crippen LogP contribution in [0.4, 0.5) is 0 Å². The van der Waals surface area contributed by atoms with Crippen molar-refractivity contribution in [2.45, 2.75) is 32.2 Å². The first-order valence-corrected chi connectivity index (χ1v) is 9.64. The Bertz CT molecular complexity index is 555. The number of nitrogens with one attached hydrogen (secondary N) is 2. The molecule has 6 nitrogen and oxygen atoms in total. The van der Waals surface area contributed by atoms with E-state index < -0.39 is 0 Å². The molecule has 2 rings (SSSR count). The second-order valence-corrected chi connectivity index (χ2v) is 6.81. The summed E-state index contributed by atoms with van der Waals surface area (Å²) in [5, 5.41) is 6.56. The van der Waals surface area contributed by atoms with Crippen LogP contribution in [-0.4, -0.2) is 68.5 Å². The molecule has 0 atom stereocenters. The van der Waals surface area contributed by atoms with E-state index in [9.17, 15) is 4.79 Å². The van der Waals surface area contributed by atoms with Gasteiger partial charge in [-0.25, -0.2) is 0 Å². The van der Waals surface area contributed by atoms with Crippen LogP contribution in [0.3, 0.4) is 0 Å². The van der Waals surface area contributed by atoms with E-state index in [0.717, 1.165) is 24.6 Å². The number of hydrogen-bond donors (Lipinski definition) is 2. The molecular weight excluding hydrogens is 326 g/mol. The Morgan fingerprint density at radius 1 is 1.12 bits per heavy atom. The Morgan fingerprint density at radius 3 is 2.50 bits per heavy atom. The molecule has 0 radical (unpaired) electrons. The SMILES string of the molecule is CN=C(NCCC(=O)N(C)Cc1ccccc1)NCCN1CCCCC1. The summed E-state index contributed by atoms with van der Waals surface area (Å²) >= 11 is 0. The number of rotatable bonds is 8. The molecule has 6 heteroatoms. The van der Waals surface area contributed by atoms with Gasteiger partial charge in [0, 0.05) is 46.7 Å². The summed E-state index contributed by atoms with van der Waals surface area (Å²) < 4.78 is 0. The second-order valence-electron chi connectivity index (χ2n) is 6.81. The first-order valence-electron chi connectivity index (χ1n) is 9.64. The fraction of sp³-hybridized carbons (Fsp3) is 0.600. The van der Waals surface area contributed by atoms with Crippen molar-refractivity contribution in [3.8, 4) is 0 Å². The van der Waals surface area contributed by atoms with Crippen LogP contribution in [0.5, 0.6) is 0 Å². The molecule has 0 aliphatic carbocycles. The Kier molecular flexibility index (Phi) is 8.96. The molecule has 1 fully saturated rings. The van der Waals surface area contributed by atoms with Gasteiger partial charge in [-0.2, -0.15) is 0 Å². The average molecular weight is 360 g/mol. The number of carbonyl (C=O) groups is 1. The largest absolute Gasteiger partial charge is 0.356 e. The number of likely N-dealkylation sites (tertiary alicyclic amines) is 1. The number of nitrogens with zero attached hydrogens (tertiary/aromatic N) is 3. The molecule has 1 aromatic carbocycles. The normalized spacial score (nSPS) is 15.5. The fourth-order valence-corrected chi connectivity index (χ4v) is 3.16. The highest BCUT2D eigenvalue weighted by Gasteiger charge is 2.11. The van der Waals surface area contributed by atoms with Crippen molar-refractivity contribution in [1.82, 2.24) is 20.4 Å². The van der Waals surface area contributed by atoms with E-state index in [0.29, 0.717) is 19.5 Å². The Hall–Kier alpha value is -2.08. The third kappa shape index (κ3) is 7.44.